The van der Waals surface area contributed by atoms with Crippen LogP contribution in [0.5, 0.6) is 5.75 Å². The van der Waals surface area contributed by atoms with Crippen LogP contribution < -0.4 is 20.7 Å². The van der Waals surface area contributed by atoms with Crippen LogP contribution in [0.4, 0.5) is 4.79 Å². The van der Waals surface area contributed by atoms with E-state index in [0.717, 1.165) is 22.3 Å². The molecule has 3 aromatic carbocycles. The normalized spacial score (nSPS) is 12.7. The fraction of sp³-hybridized carbons (Fsp3) is 0.357. The van der Waals surface area contributed by atoms with Gasteiger partial charge in [0.1, 0.15) is 25.0 Å². The Morgan fingerprint density at radius 1 is 0.660 bits per heavy atom. The van der Waals surface area contributed by atoms with Crippen molar-refractivity contribution in [2.45, 2.75) is 78.5 Å². The lowest BCUT2D eigenvalue weighted by Crippen LogP contribution is -2.54. The molecule has 0 bridgehead atoms. The number of nitrogens with zero attached hydrogens (tertiary/aromatic N) is 1. The van der Waals surface area contributed by atoms with Crippen molar-refractivity contribution in [3.63, 3.8) is 0 Å². The lowest BCUT2D eigenvalue weighted by Gasteiger charge is -2.26. The first-order valence-electron chi connectivity index (χ1n) is 17.9. The minimum atomic E-state index is -1.06. The summed E-state index contributed by atoms with van der Waals surface area (Å²) in [5, 5.41) is 8.39. The molecule has 11 nitrogen and oxygen atoms in total. The lowest BCUT2D eigenvalue weighted by molar-refractivity contribution is -0.133. The molecular weight excluding hydrogens is 672 g/mol. The molecule has 4 rings (SSSR count). The number of ether oxygens (including phenoxy) is 3. The molecule has 53 heavy (non-hydrogen) atoms. The molecule has 4 aromatic rings. The van der Waals surface area contributed by atoms with Gasteiger partial charge in [0, 0.05) is 12.4 Å². The molecule has 0 aliphatic carbocycles. The van der Waals surface area contributed by atoms with Gasteiger partial charge in [0.05, 0.1) is 31.7 Å². The van der Waals surface area contributed by atoms with Gasteiger partial charge in [-0.2, -0.15) is 0 Å². The van der Waals surface area contributed by atoms with Crippen LogP contribution in [0.1, 0.15) is 56.4 Å². The zero-order valence-corrected chi connectivity index (χ0v) is 30.8. The third kappa shape index (κ3) is 14.2. The Bertz CT molecular complexity index is 1720. The van der Waals surface area contributed by atoms with Crippen LogP contribution in [0.2, 0.25) is 0 Å². The maximum absolute atomic E-state index is 13.8. The van der Waals surface area contributed by atoms with Crippen molar-refractivity contribution in [1.82, 2.24) is 20.9 Å². The maximum Gasteiger partial charge on any atom is 0.408 e. The van der Waals surface area contributed by atoms with E-state index in [-0.39, 0.29) is 37.5 Å². The van der Waals surface area contributed by atoms with Crippen molar-refractivity contribution in [3.8, 4) is 5.75 Å². The van der Waals surface area contributed by atoms with Crippen LogP contribution in [0.15, 0.2) is 109 Å². The second kappa shape index (κ2) is 21.1. The highest BCUT2D eigenvalue weighted by Gasteiger charge is 2.31. The van der Waals surface area contributed by atoms with Crippen molar-refractivity contribution >= 4 is 23.7 Å². The number of rotatable bonds is 20. The third-order valence-electron chi connectivity index (χ3n) is 8.53. The first-order chi connectivity index (χ1) is 25.6. The standard InChI is InChI=1S/C42H50N4O7/c1-29(2)37(28-51-25-34-16-11-21-43-24-34)44-39(48)23-38(47)36(22-31-17-19-35(20-18-31)52-26-32-12-7-5-8-13-32)45-41(49)40(30(3)4)46-42(50)53-27-33-14-9-6-10-15-33/h5-21,24,29-30,36-37,40H,22-23,25-28H2,1-4H3,(H,44,48)(H,45,49)(H,46,50). The molecule has 0 saturated heterocycles. The zero-order chi connectivity index (χ0) is 38.0. The zero-order valence-electron chi connectivity index (χ0n) is 30.8. The van der Waals surface area contributed by atoms with Crippen LogP contribution in [-0.2, 0) is 50.1 Å². The molecule has 0 fully saturated rings. The Labute approximate surface area is 311 Å². The summed E-state index contributed by atoms with van der Waals surface area (Å²) in [5.41, 5.74) is 3.48. The van der Waals surface area contributed by atoms with E-state index in [9.17, 15) is 19.2 Å². The van der Waals surface area contributed by atoms with Crippen molar-refractivity contribution in [3.05, 3.63) is 132 Å². The Kier molecular flexibility index (Phi) is 16.0. The van der Waals surface area contributed by atoms with Crippen LogP contribution in [0.3, 0.4) is 0 Å². The second-order valence-corrected chi connectivity index (χ2v) is 13.5. The number of amides is 3. The Morgan fingerprint density at radius 3 is 1.91 bits per heavy atom. The highest BCUT2D eigenvalue weighted by atomic mass is 16.5. The summed E-state index contributed by atoms with van der Waals surface area (Å²) in [4.78, 5) is 57.5. The molecule has 0 saturated carbocycles. The number of nitrogens with one attached hydrogen (secondary N) is 3. The summed E-state index contributed by atoms with van der Waals surface area (Å²) in [6, 6.07) is 27.5. The Balaban J connectivity index is 1.42. The van der Waals surface area contributed by atoms with Crippen molar-refractivity contribution < 1.29 is 33.4 Å². The van der Waals surface area contributed by atoms with E-state index >= 15 is 0 Å². The fourth-order valence-corrected chi connectivity index (χ4v) is 5.36. The monoisotopic (exact) mass is 722 g/mol. The second-order valence-electron chi connectivity index (χ2n) is 13.5. The van der Waals surface area contributed by atoms with E-state index in [4.69, 9.17) is 14.2 Å². The number of hydrogen-bond acceptors (Lipinski definition) is 8. The molecule has 1 heterocycles. The summed E-state index contributed by atoms with van der Waals surface area (Å²) in [7, 11) is 0. The number of alkyl carbamates (subject to hydrolysis) is 1. The SMILES string of the molecule is CC(C)C(COCc1cccnc1)NC(=O)CC(=O)C(Cc1ccc(OCc2ccccc2)cc1)NC(=O)C(NC(=O)OCc1ccccc1)C(C)C. The minimum absolute atomic E-state index is 0.0283. The van der Waals surface area contributed by atoms with Gasteiger partial charge in [0.2, 0.25) is 11.8 Å². The molecule has 3 unspecified atom stereocenters. The summed E-state index contributed by atoms with van der Waals surface area (Å²) in [6.45, 7) is 8.49. The maximum atomic E-state index is 13.8. The fourth-order valence-electron chi connectivity index (χ4n) is 5.36. The van der Waals surface area contributed by atoms with Gasteiger partial charge in [-0.25, -0.2) is 4.79 Å². The number of Topliss-reactive ketones (excluding diaryl/α,β-unsaturated/α-hetero) is 1. The van der Waals surface area contributed by atoms with Gasteiger partial charge in [0.25, 0.3) is 0 Å². The Morgan fingerprint density at radius 2 is 1.30 bits per heavy atom. The van der Waals surface area contributed by atoms with E-state index in [2.05, 4.69) is 20.9 Å². The molecule has 0 spiro atoms. The molecule has 0 aliphatic rings. The van der Waals surface area contributed by atoms with Crippen molar-refractivity contribution in [1.29, 1.82) is 0 Å². The summed E-state index contributed by atoms with van der Waals surface area (Å²) in [6.07, 6.45) is 2.29. The smallest absolute Gasteiger partial charge is 0.408 e. The molecule has 0 radical (unpaired) electrons. The van der Waals surface area contributed by atoms with Crippen LogP contribution in [0, 0.1) is 11.8 Å². The Hall–Kier alpha value is -5.55. The number of ketones is 1. The molecule has 280 valence electrons. The topological polar surface area (TPSA) is 145 Å². The highest BCUT2D eigenvalue weighted by molar-refractivity contribution is 6.02. The average Bonchev–Trinajstić information content (AvgIpc) is 3.16. The van der Waals surface area contributed by atoms with E-state index in [1.807, 2.05) is 98.8 Å². The van der Waals surface area contributed by atoms with Gasteiger partial charge < -0.3 is 30.2 Å². The number of benzene rings is 3. The first kappa shape index (κ1) is 40.2. The van der Waals surface area contributed by atoms with Crippen LogP contribution in [0.25, 0.3) is 0 Å². The van der Waals surface area contributed by atoms with Gasteiger partial charge in [-0.1, -0.05) is 107 Å². The van der Waals surface area contributed by atoms with Crippen LogP contribution in [-0.4, -0.2) is 53.4 Å². The van der Waals surface area contributed by atoms with Crippen molar-refractivity contribution in [2.75, 3.05) is 6.61 Å². The number of aromatic nitrogens is 1. The van der Waals surface area contributed by atoms with Crippen LogP contribution >= 0.6 is 0 Å². The lowest BCUT2D eigenvalue weighted by atomic mass is 9.97. The van der Waals surface area contributed by atoms with Gasteiger partial charge >= 0.3 is 6.09 Å². The van der Waals surface area contributed by atoms with E-state index < -0.39 is 42.2 Å². The summed E-state index contributed by atoms with van der Waals surface area (Å²) >= 11 is 0. The predicted molar refractivity (Wildman–Crippen MR) is 202 cm³/mol. The third-order valence-corrected chi connectivity index (χ3v) is 8.53. The quantitative estimate of drug-likeness (QED) is 0.0949. The molecule has 3 amide bonds. The van der Waals surface area contributed by atoms with Gasteiger partial charge in [-0.15, -0.1) is 0 Å². The highest BCUT2D eigenvalue weighted by Crippen LogP contribution is 2.17. The summed E-state index contributed by atoms with van der Waals surface area (Å²) in [5.74, 6) is -1.19. The first-order valence-corrected chi connectivity index (χ1v) is 17.9. The number of carbonyl (C=O) groups excluding carboxylic acids is 4. The number of carbonyl (C=O) groups is 4. The van der Waals surface area contributed by atoms with Gasteiger partial charge in [-0.05, 0) is 58.7 Å². The minimum Gasteiger partial charge on any atom is -0.489 e. The molecular formula is C42H50N4O7. The molecule has 1 aromatic heterocycles. The largest absolute Gasteiger partial charge is 0.489 e. The molecule has 3 atom stereocenters. The number of pyridine rings is 1. The van der Waals surface area contributed by atoms with Crippen molar-refractivity contribution in [2.24, 2.45) is 11.8 Å². The van der Waals surface area contributed by atoms with E-state index in [1.54, 1.807) is 38.4 Å². The molecule has 0 aliphatic heterocycles. The van der Waals surface area contributed by atoms with Gasteiger partial charge in [-0.3, -0.25) is 19.4 Å². The summed E-state index contributed by atoms with van der Waals surface area (Å²) < 4.78 is 17.1. The van der Waals surface area contributed by atoms with E-state index in [0.29, 0.717) is 19.0 Å². The van der Waals surface area contributed by atoms with Gasteiger partial charge in [0.15, 0.2) is 5.78 Å². The van der Waals surface area contributed by atoms with E-state index in [1.165, 1.54) is 0 Å². The molecule has 11 heteroatoms. The molecule has 3 N–H and O–H groups in total. The number of hydrogen-bond donors (Lipinski definition) is 3. The predicted octanol–water partition coefficient (Wildman–Crippen LogP) is 5.96. The average molecular weight is 723 g/mol.